The maximum atomic E-state index is 13.3. The average Bonchev–Trinajstić information content (AvgIpc) is 2.71. The van der Waals surface area contributed by atoms with Crippen LogP contribution in [0.4, 0.5) is 4.39 Å². The third kappa shape index (κ3) is 6.41. The lowest BCUT2D eigenvalue weighted by Crippen LogP contribution is -2.51. The van der Waals surface area contributed by atoms with Gasteiger partial charge in [-0.05, 0) is 68.0 Å². The molecule has 0 aromatic heterocycles. The molecule has 0 unspecified atom stereocenters. The van der Waals surface area contributed by atoms with Crippen LogP contribution in [0.25, 0.3) is 0 Å². The van der Waals surface area contributed by atoms with Crippen molar-refractivity contribution in [1.29, 1.82) is 0 Å². The van der Waals surface area contributed by atoms with E-state index < -0.39 is 6.04 Å². The van der Waals surface area contributed by atoms with Crippen LogP contribution in [0, 0.1) is 19.7 Å². The Kier molecular flexibility index (Phi) is 8.58. The Labute approximate surface area is 179 Å². The van der Waals surface area contributed by atoms with Gasteiger partial charge in [0, 0.05) is 12.6 Å². The number of nitrogens with zero attached hydrogens (tertiary/aromatic N) is 1. The summed E-state index contributed by atoms with van der Waals surface area (Å²) in [6.45, 7) is 10.2. The molecular weight excluding hydrogens is 379 g/mol. The molecule has 0 aliphatic rings. The molecule has 0 radical (unpaired) electrons. The second kappa shape index (κ2) is 10.9. The summed E-state index contributed by atoms with van der Waals surface area (Å²) in [5.74, 6) is -0.593. The summed E-state index contributed by atoms with van der Waals surface area (Å²) in [5, 5.41) is 3.00. The van der Waals surface area contributed by atoms with Gasteiger partial charge in [0.1, 0.15) is 11.9 Å². The summed E-state index contributed by atoms with van der Waals surface area (Å²) >= 11 is 0. The molecule has 1 N–H and O–H groups in total. The van der Waals surface area contributed by atoms with Crippen LogP contribution in [-0.2, 0) is 22.6 Å². The number of carbonyl (C=O) groups excluding carboxylic acids is 2. The van der Waals surface area contributed by atoms with E-state index in [0.717, 1.165) is 23.1 Å². The Morgan fingerprint density at radius 3 is 2.17 bits per heavy atom. The van der Waals surface area contributed by atoms with Gasteiger partial charge in [-0.1, -0.05) is 44.2 Å². The first-order valence-electron chi connectivity index (χ1n) is 10.7. The van der Waals surface area contributed by atoms with E-state index in [-0.39, 0.29) is 36.6 Å². The van der Waals surface area contributed by atoms with Crippen LogP contribution in [0.2, 0.25) is 0 Å². The molecule has 5 heteroatoms. The van der Waals surface area contributed by atoms with Crippen molar-refractivity contribution in [2.75, 3.05) is 0 Å². The van der Waals surface area contributed by atoms with Gasteiger partial charge in [0.15, 0.2) is 0 Å². The zero-order valence-electron chi connectivity index (χ0n) is 18.7. The fourth-order valence-electron chi connectivity index (χ4n) is 3.34. The largest absolute Gasteiger partial charge is 0.352 e. The van der Waals surface area contributed by atoms with E-state index in [2.05, 4.69) is 5.32 Å². The number of hydrogen-bond donors (Lipinski definition) is 1. The minimum Gasteiger partial charge on any atom is -0.352 e. The zero-order valence-corrected chi connectivity index (χ0v) is 18.7. The third-order valence-corrected chi connectivity index (χ3v) is 5.58. The van der Waals surface area contributed by atoms with Gasteiger partial charge >= 0.3 is 0 Å². The Hall–Kier alpha value is -2.69. The molecule has 4 nitrogen and oxygen atoms in total. The molecular formula is C25H33FN2O2. The first-order chi connectivity index (χ1) is 14.2. The topological polar surface area (TPSA) is 49.4 Å². The number of benzene rings is 2. The van der Waals surface area contributed by atoms with Gasteiger partial charge < -0.3 is 10.2 Å². The molecule has 2 rings (SSSR count). The van der Waals surface area contributed by atoms with Crippen LogP contribution in [0.1, 0.15) is 55.9 Å². The smallest absolute Gasteiger partial charge is 0.243 e. The van der Waals surface area contributed by atoms with E-state index >= 15 is 0 Å². The highest BCUT2D eigenvalue weighted by Gasteiger charge is 2.29. The van der Waals surface area contributed by atoms with Gasteiger partial charge in [0.25, 0.3) is 0 Å². The number of rotatable bonds is 9. The Morgan fingerprint density at radius 1 is 0.967 bits per heavy atom. The highest BCUT2D eigenvalue weighted by atomic mass is 19.1. The minimum absolute atomic E-state index is 0.0362. The quantitative estimate of drug-likeness (QED) is 0.649. The zero-order chi connectivity index (χ0) is 22.3. The van der Waals surface area contributed by atoms with Crippen LogP contribution in [0.3, 0.4) is 0 Å². The van der Waals surface area contributed by atoms with Crippen molar-refractivity contribution in [2.24, 2.45) is 0 Å². The summed E-state index contributed by atoms with van der Waals surface area (Å²) < 4.78 is 13.3. The van der Waals surface area contributed by atoms with Gasteiger partial charge in [-0.3, -0.25) is 9.59 Å². The lowest BCUT2D eigenvalue weighted by atomic mass is 10.0. The molecule has 0 fully saturated rings. The number of nitrogens with one attached hydrogen (secondary N) is 1. The van der Waals surface area contributed by atoms with Crippen molar-refractivity contribution in [3.63, 3.8) is 0 Å². The normalized spacial score (nSPS) is 12.9. The number of halogens is 1. The summed E-state index contributed by atoms with van der Waals surface area (Å²) in [4.78, 5) is 27.9. The standard InChI is InChI=1S/C25H33FN2O2/c1-6-19(5)27-25(30)23(7-2)28(16-20-10-12-22(26)13-11-20)24(29)15-21-9-8-17(3)18(4)14-21/h8-14,19,23H,6-7,15-16H2,1-5H3,(H,27,30)/t19-,23-/m1/s1. The van der Waals surface area contributed by atoms with Gasteiger partial charge in [0.05, 0.1) is 6.42 Å². The van der Waals surface area contributed by atoms with E-state index in [9.17, 15) is 14.0 Å². The highest BCUT2D eigenvalue weighted by molar-refractivity contribution is 5.88. The third-order valence-electron chi connectivity index (χ3n) is 5.58. The molecule has 0 saturated carbocycles. The summed E-state index contributed by atoms with van der Waals surface area (Å²) in [6.07, 6.45) is 1.54. The van der Waals surface area contributed by atoms with Crippen LogP contribution in [0.15, 0.2) is 42.5 Å². The van der Waals surface area contributed by atoms with Crippen LogP contribution in [0.5, 0.6) is 0 Å². The number of hydrogen-bond acceptors (Lipinski definition) is 2. The van der Waals surface area contributed by atoms with Crippen molar-refractivity contribution in [2.45, 2.75) is 72.5 Å². The molecule has 2 aromatic rings. The molecule has 0 bridgehead atoms. The molecule has 0 saturated heterocycles. The van der Waals surface area contributed by atoms with Gasteiger partial charge in [-0.2, -0.15) is 0 Å². The second-order valence-electron chi connectivity index (χ2n) is 7.99. The molecule has 0 spiro atoms. The number of carbonyl (C=O) groups is 2. The van der Waals surface area contributed by atoms with Gasteiger partial charge in [0.2, 0.25) is 11.8 Å². The highest BCUT2D eigenvalue weighted by Crippen LogP contribution is 2.17. The van der Waals surface area contributed by atoms with E-state index in [4.69, 9.17) is 0 Å². The Bertz CT molecular complexity index is 864. The predicted octanol–water partition coefficient (Wildman–Crippen LogP) is 4.71. The average molecular weight is 413 g/mol. The van der Waals surface area contributed by atoms with Crippen molar-refractivity contribution in [3.8, 4) is 0 Å². The first-order valence-corrected chi connectivity index (χ1v) is 10.7. The molecule has 162 valence electrons. The number of amides is 2. The molecule has 0 heterocycles. The molecule has 30 heavy (non-hydrogen) atoms. The molecule has 2 atom stereocenters. The maximum Gasteiger partial charge on any atom is 0.243 e. The number of aryl methyl sites for hydroxylation is 2. The molecule has 0 aliphatic carbocycles. The van der Waals surface area contributed by atoms with Crippen LogP contribution in [-0.4, -0.2) is 28.8 Å². The van der Waals surface area contributed by atoms with Gasteiger partial charge in [-0.25, -0.2) is 4.39 Å². The summed E-state index contributed by atoms with van der Waals surface area (Å²) in [5.41, 5.74) is 4.02. The second-order valence-corrected chi connectivity index (χ2v) is 7.99. The lowest BCUT2D eigenvalue weighted by molar-refractivity contribution is -0.141. The maximum absolute atomic E-state index is 13.3. The van der Waals surface area contributed by atoms with E-state index in [0.29, 0.717) is 6.42 Å². The Balaban J connectivity index is 2.30. The fourth-order valence-corrected chi connectivity index (χ4v) is 3.34. The monoisotopic (exact) mass is 412 g/mol. The van der Waals surface area contributed by atoms with Crippen molar-refractivity contribution >= 4 is 11.8 Å². The van der Waals surface area contributed by atoms with Gasteiger partial charge in [-0.15, -0.1) is 0 Å². The van der Waals surface area contributed by atoms with Crippen molar-refractivity contribution < 1.29 is 14.0 Å². The van der Waals surface area contributed by atoms with E-state index in [1.54, 1.807) is 17.0 Å². The summed E-state index contributed by atoms with van der Waals surface area (Å²) in [7, 11) is 0. The molecule has 2 aromatic carbocycles. The van der Waals surface area contributed by atoms with Crippen LogP contribution < -0.4 is 5.32 Å². The van der Waals surface area contributed by atoms with E-state index in [1.165, 1.54) is 17.7 Å². The Morgan fingerprint density at radius 2 is 1.60 bits per heavy atom. The van der Waals surface area contributed by atoms with Crippen molar-refractivity contribution in [3.05, 3.63) is 70.5 Å². The minimum atomic E-state index is -0.580. The van der Waals surface area contributed by atoms with Crippen molar-refractivity contribution in [1.82, 2.24) is 10.2 Å². The SMILES string of the molecule is CC[C@@H](C)NC(=O)[C@@H](CC)N(Cc1ccc(F)cc1)C(=O)Cc1ccc(C)c(C)c1. The molecule has 0 aliphatic heterocycles. The molecule has 2 amide bonds. The van der Waals surface area contributed by atoms with Crippen LogP contribution >= 0.6 is 0 Å². The lowest BCUT2D eigenvalue weighted by Gasteiger charge is -2.31. The fraction of sp³-hybridized carbons (Fsp3) is 0.440. The first kappa shape index (κ1) is 23.6. The predicted molar refractivity (Wildman–Crippen MR) is 119 cm³/mol. The summed E-state index contributed by atoms with van der Waals surface area (Å²) in [6, 6.07) is 11.5. The van der Waals surface area contributed by atoms with E-state index in [1.807, 2.05) is 52.8 Å².